The highest BCUT2D eigenvalue weighted by atomic mass is 35.5. The predicted octanol–water partition coefficient (Wildman–Crippen LogP) is 3.77. The minimum absolute atomic E-state index is 0. The lowest BCUT2D eigenvalue weighted by molar-refractivity contribution is 0.442. The van der Waals surface area contributed by atoms with E-state index in [-0.39, 0.29) is 24.9 Å². The first-order valence-electron chi connectivity index (χ1n) is 3.91. The Balaban J connectivity index is 0.00000169. The average Bonchev–Trinajstić information content (AvgIpc) is 2.04. The molecule has 0 saturated heterocycles. The van der Waals surface area contributed by atoms with Gasteiger partial charge in [0.25, 0.3) is 0 Å². The van der Waals surface area contributed by atoms with Crippen LogP contribution in [0, 0.1) is 0 Å². The third-order valence-corrected chi connectivity index (χ3v) is 2.34. The van der Waals surface area contributed by atoms with Crippen molar-refractivity contribution in [3.63, 3.8) is 0 Å². The van der Waals surface area contributed by atoms with Gasteiger partial charge in [-0.2, -0.15) is 0 Å². The van der Waals surface area contributed by atoms with Crippen molar-refractivity contribution in [3.05, 3.63) is 33.8 Å². The van der Waals surface area contributed by atoms with E-state index in [2.05, 4.69) is 0 Å². The molecule has 14 heavy (non-hydrogen) atoms. The third-order valence-electron chi connectivity index (χ3n) is 1.78. The summed E-state index contributed by atoms with van der Waals surface area (Å²) in [5.41, 5.74) is 6.43. The Morgan fingerprint density at radius 1 is 1.36 bits per heavy atom. The first kappa shape index (κ1) is 14.0. The molecule has 0 aliphatic heterocycles. The molecule has 0 fully saturated rings. The fourth-order valence-corrected chi connectivity index (χ4v) is 1.62. The van der Waals surface area contributed by atoms with E-state index in [4.69, 9.17) is 28.9 Å². The average molecular weight is 259 g/mol. The quantitative estimate of drug-likeness (QED) is 0.877. The van der Waals surface area contributed by atoms with Crippen molar-refractivity contribution in [1.82, 2.24) is 0 Å². The Labute approximate surface area is 98.8 Å². The predicted molar refractivity (Wildman–Crippen MR) is 61.2 cm³/mol. The fourth-order valence-electron chi connectivity index (χ4n) is 1.08. The number of halogens is 4. The summed E-state index contributed by atoms with van der Waals surface area (Å²) in [4.78, 5) is 0. The molecule has 0 amide bonds. The van der Waals surface area contributed by atoms with Crippen molar-refractivity contribution in [2.75, 3.05) is 6.67 Å². The second kappa shape index (κ2) is 6.46. The standard InChI is InChI=1S/C9H10Cl2FN.ClH/c10-6-1-2-7(8(11)5-6)9(13)3-4-12;/h1-2,5,9H,3-4,13H2;1H/t9-;/m1./s1. The Kier molecular flexibility index (Phi) is 6.45. The molecule has 0 aliphatic rings. The Bertz CT molecular complexity index is 293. The van der Waals surface area contributed by atoms with Gasteiger partial charge < -0.3 is 5.73 Å². The normalized spacial score (nSPS) is 12.0. The monoisotopic (exact) mass is 257 g/mol. The number of rotatable bonds is 3. The van der Waals surface area contributed by atoms with Gasteiger partial charge in [-0.15, -0.1) is 12.4 Å². The zero-order valence-electron chi connectivity index (χ0n) is 7.34. The van der Waals surface area contributed by atoms with E-state index in [9.17, 15) is 4.39 Å². The van der Waals surface area contributed by atoms with E-state index < -0.39 is 6.67 Å². The van der Waals surface area contributed by atoms with Gasteiger partial charge in [0.05, 0.1) is 6.67 Å². The van der Waals surface area contributed by atoms with Crippen molar-refractivity contribution in [2.24, 2.45) is 5.73 Å². The summed E-state index contributed by atoms with van der Waals surface area (Å²) in [5.74, 6) is 0. The molecule has 1 aromatic carbocycles. The molecular weight excluding hydrogens is 247 g/mol. The Morgan fingerprint density at radius 3 is 2.50 bits per heavy atom. The molecule has 2 N–H and O–H groups in total. The van der Waals surface area contributed by atoms with Crippen LogP contribution in [0.2, 0.25) is 10.0 Å². The van der Waals surface area contributed by atoms with Gasteiger partial charge in [0.2, 0.25) is 0 Å². The molecule has 1 nitrogen and oxygen atoms in total. The van der Waals surface area contributed by atoms with Gasteiger partial charge in [-0.3, -0.25) is 4.39 Å². The zero-order valence-corrected chi connectivity index (χ0v) is 9.67. The summed E-state index contributed by atoms with van der Waals surface area (Å²) in [6.07, 6.45) is 0.279. The molecule has 1 atom stereocenters. The fraction of sp³-hybridized carbons (Fsp3) is 0.333. The van der Waals surface area contributed by atoms with Crippen LogP contribution in [-0.4, -0.2) is 6.67 Å². The van der Waals surface area contributed by atoms with E-state index in [1.807, 2.05) is 0 Å². The van der Waals surface area contributed by atoms with Crippen LogP contribution in [0.1, 0.15) is 18.0 Å². The maximum absolute atomic E-state index is 12.0. The van der Waals surface area contributed by atoms with E-state index in [1.54, 1.807) is 18.2 Å². The Hall–Kier alpha value is -0.0200. The lowest BCUT2D eigenvalue weighted by Crippen LogP contribution is -2.11. The maximum Gasteiger partial charge on any atom is 0.0912 e. The second-order valence-electron chi connectivity index (χ2n) is 2.75. The molecule has 0 saturated carbocycles. The van der Waals surface area contributed by atoms with Gasteiger partial charge in [-0.05, 0) is 24.1 Å². The zero-order chi connectivity index (χ0) is 9.84. The first-order valence-corrected chi connectivity index (χ1v) is 4.67. The van der Waals surface area contributed by atoms with Gasteiger partial charge in [0.1, 0.15) is 0 Å². The van der Waals surface area contributed by atoms with Crippen LogP contribution in [0.4, 0.5) is 4.39 Å². The van der Waals surface area contributed by atoms with Gasteiger partial charge in [0.15, 0.2) is 0 Å². The van der Waals surface area contributed by atoms with Crippen LogP contribution < -0.4 is 5.73 Å². The largest absolute Gasteiger partial charge is 0.324 e. The number of alkyl halides is 1. The van der Waals surface area contributed by atoms with Crippen molar-refractivity contribution >= 4 is 35.6 Å². The van der Waals surface area contributed by atoms with E-state index in [0.717, 1.165) is 5.56 Å². The SMILES string of the molecule is Cl.N[C@H](CCF)c1ccc(Cl)cc1Cl. The molecule has 0 unspecified atom stereocenters. The summed E-state index contributed by atoms with van der Waals surface area (Å²) >= 11 is 11.6. The molecule has 80 valence electrons. The summed E-state index contributed by atoms with van der Waals surface area (Å²) < 4.78 is 12.0. The van der Waals surface area contributed by atoms with Gasteiger partial charge >= 0.3 is 0 Å². The highest BCUT2D eigenvalue weighted by Crippen LogP contribution is 2.26. The molecule has 5 heteroatoms. The number of nitrogens with two attached hydrogens (primary N) is 1. The summed E-state index contributed by atoms with van der Waals surface area (Å²) in [7, 11) is 0. The number of hydrogen-bond acceptors (Lipinski definition) is 1. The molecule has 0 bridgehead atoms. The Morgan fingerprint density at radius 2 is 2.00 bits per heavy atom. The third kappa shape index (κ3) is 3.62. The summed E-state index contributed by atoms with van der Waals surface area (Å²) in [6.45, 7) is -0.444. The highest BCUT2D eigenvalue weighted by Gasteiger charge is 2.09. The van der Waals surface area contributed by atoms with Gasteiger partial charge in [-0.1, -0.05) is 29.3 Å². The first-order chi connectivity index (χ1) is 6.15. The van der Waals surface area contributed by atoms with Crippen LogP contribution >= 0.6 is 35.6 Å². The topological polar surface area (TPSA) is 26.0 Å². The van der Waals surface area contributed by atoms with Crippen LogP contribution in [0.15, 0.2) is 18.2 Å². The van der Waals surface area contributed by atoms with Crippen molar-refractivity contribution in [3.8, 4) is 0 Å². The molecule has 0 aromatic heterocycles. The van der Waals surface area contributed by atoms with Crippen molar-refractivity contribution < 1.29 is 4.39 Å². The van der Waals surface area contributed by atoms with E-state index >= 15 is 0 Å². The van der Waals surface area contributed by atoms with Crippen molar-refractivity contribution in [1.29, 1.82) is 0 Å². The maximum atomic E-state index is 12.0. The smallest absolute Gasteiger partial charge is 0.0912 e. The van der Waals surface area contributed by atoms with Crippen LogP contribution in [0.5, 0.6) is 0 Å². The molecule has 1 rings (SSSR count). The molecule has 0 radical (unpaired) electrons. The van der Waals surface area contributed by atoms with Crippen molar-refractivity contribution in [2.45, 2.75) is 12.5 Å². The van der Waals surface area contributed by atoms with Crippen LogP contribution in [0.3, 0.4) is 0 Å². The summed E-state index contributed by atoms with van der Waals surface area (Å²) in [5, 5.41) is 1.05. The van der Waals surface area contributed by atoms with Gasteiger partial charge in [0, 0.05) is 16.1 Å². The molecule has 1 aromatic rings. The second-order valence-corrected chi connectivity index (χ2v) is 3.59. The van der Waals surface area contributed by atoms with E-state index in [0.29, 0.717) is 10.0 Å². The number of hydrogen-bond donors (Lipinski definition) is 1. The lowest BCUT2D eigenvalue weighted by Gasteiger charge is -2.11. The van der Waals surface area contributed by atoms with E-state index in [1.165, 1.54) is 0 Å². The molecule has 0 aliphatic carbocycles. The van der Waals surface area contributed by atoms with Crippen LogP contribution in [0.25, 0.3) is 0 Å². The van der Waals surface area contributed by atoms with Gasteiger partial charge in [-0.25, -0.2) is 0 Å². The highest BCUT2D eigenvalue weighted by molar-refractivity contribution is 6.35. The number of benzene rings is 1. The van der Waals surface area contributed by atoms with Crippen LogP contribution in [-0.2, 0) is 0 Å². The summed E-state index contributed by atoms with van der Waals surface area (Å²) in [6, 6.07) is 4.68. The molecule has 0 heterocycles. The molecule has 0 spiro atoms. The minimum atomic E-state index is -0.444. The minimum Gasteiger partial charge on any atom is -0.324 e. The molecular formula is C9H11Cl3FN. The lowest BCUT2D eigenvalue weighted by atomic mass is 10.1.